The lowest BCUT2D eigenvalue weighted by Gasteiger charge is -2.32. The molecule has 0 radical (unpaired) electrons. The first-order valence-corrected chi connectivity index (χ1v) is 12.6. The van der Waals surface area contributed by atoms with Crippen molar-refractivity contribution < 1.29 is 27.6 Å². The van der Waals surface area contributed by atoms with Gasteiger partial charge in [-0.1, -0.05) is 0 Å². The smallest absolute Gasteiger partial charge is 0.316 e. The zero-order chi connectivity index (χ0) is 28.5. The molecule has 3 atom stereocenters. The van der Waals surface area contributed by atoms with Gasteiger partial charge in [-0.3, -0.25) is 19.6 Å². The molecule has 39 heavy (non-hydrogen) atoms. The van der Waals surface area contributed by atoms with E-state index in [1.54, 1.807) is 13.0 Å². The summed E-state index contributed by atoms with van der Waals surface area (Å²) in [5, 5.41) is 2.93. The summed E-state index contributed by atoms with van der Waals surface area (Å²) >= 11 is 1.02. The summed E-state index contributed by atoms with van der Waals surface area (Å²) in [5.74, 6) is -1.34. The molecule has 1 aliphatic rings. The molecule has 10 nitrogen and oxygen atoms in total. The first kappa shape index (κ1) is 28.0. The number of urea groups is 1. The number of carbonyl (C=O) groups excluding carboxylic acids is 3. The molecule has 4 amide bonds. The number of thiazole rings is 1. The molecule has 0 bridgehead atoms. The van der Waals surface area contributed by atoms with Gasteiger partial charge in [-0.2, -0.15) is 0 Å². The molecular formula is C25H26F3N7O3S. The molecule has 0 aliphatic carbocycles. The van der Waals surface area contributed by atoms with E-state index in [2.05, 4.69) is 20.3 Å². The fourth-order valence-corrected chi connectivity index (χ4v) is 5.84. The van der Waals surface area contributed by atoms with E-state index in [9.17, 15) is 27.6 Å². The first-order valence-electron chi connectivity index (χ1n) is 11.8. The van der Waals surface area contributed by atoms with E-state index in [4.69, 9.17) is 11.5 Å². The number of likely N-dealkylation sites (tertiary alicyclic amines) is 1. The molecule has 4 rings (SSSR count). The Balaban J connectivity index is 1.73. The maximum atomic E-state index is 13.7. The lowest BCUT2D eigenvalue weighted by Crippen LogP contribution is -2.55. The Labute approximate surface area is 225 Å². The van der Waals surface area contributed by atoms with Crippen LogP contribution in [0.5, 0.6) is 0 Å². The van der Waals surface area contributed by atoms with E-state index < -0.39 is 47.9 Å². The molecular weight excluding hydrogens is 535 g/mol. The molecule has 1 fully saturated rings. The topological polar surface area (TPSA) is 157 Å². The maximum absolute atomic E-state index is 13.7. The number of halogens is 3. The van der Waals surface area contributed by atoms with Crippen LogP contribution in [0.1, 0.15) is 40.1 Å². The van der Waals surface area contributed by atoms with E-state index in [0.29, 0.717) is 21.7 Å². The van der Waals surface area contributed by atoms with Gasteiger partial charge < -0.3 is 21.7 Å². The molecule has 1 saturated heterocycles. The SMILES string of the molecule is Cc1nc(C2(C(N)=O)CC(NC(=O)c3ccncc3)CN2C(N)=O)sc1-c1ccnc(C(C)(CF)C(F)F)c1. The van der Waals surface area contributed by atoms with Crippen LogP contribution in [-0.4, -0.2) is 63.4 Å². The van der Waals surface area contributed by atoms with E-state index in [1.807, 2.05) is 0 Å². The summed E-state index contributed by atoms with van der Waals surface area (Å²) in [6.45, 7) is 1.29. The van der Waals surface area contributed by atoms with Gasteiger partial charge >= 0.3 is 6.03 Å². The third-order valence-electron chi connectivity index (χ3n) is 6.87. The van der Waals surface area contributed by atoms with Crippen LogP contribution in [0.2, 0.25) is 0 Å². The summed E-state index contributed by atoms with van der Waals surface area (Å²) in [7, 11) is 0. The summed E-state index contributed by atoms with van der Waals surface area (Å²) < 4.78 is 41.0. The van der Waals surface area contributed by atoms with Gasteiger partial charge in [-0.15, -0.1) is 11.3 Å². The zero-order valence-electron chi connectivity index (χ0n) is 21.0. The van der Waals surface area contributed by atoms with E-state index in [-0.39, 0.29) is 23.7 Å². The van der Waals surface area contributed by atoms with Crippen molar-refractivity contribution in [3.05, 3.63) is 64.8 Å². The van der Waals surface area contributed by atoms with Crippen LogP contribution < -0.4 is 16.8 Å². The number of amides is 4. The van der Waals surface area contributed by atoms with Crippen LogP contribution >= 0.6 is 11.3 Å². The Bertz CT molecular complexity index is 1410. The fourth-order valence-electron chi connectivity index (χ4n) is 4.56. The number of alkyl halides is 3. The molecule has 1 aliphatic heterocycles. The van der Waals surface area contributed by atoms with Crippen molar-refractivity contribution in [2.24, 2.45) is 11.5 Å². The van der Waals surface area contributed by atoms with Crippen LogP contribution in [-0.2, 0) is 15.7 Å². The average Bonchev–Trinajstić information content (AvgIpc) is 3.50. The second-order valence-electron chi connectivity index (χ2n) is 9.50. The number of nitrogens with zero attached hydrogens (tertiary/aromatic N) is 4. The number of hydrogen-bond acceptors (Lipinski definition) is 7. The highest BCUT2D eigenvalue weighted by Crippen LogP contribution is 2.44. The highest BCUT2D eigenvalue weighted by Gasteiger charge is 2.56. The second kappa shape index (κ2) is 10.6. The molecule has 0 spiro atoms. The largest absolute Gasteiger partial charge is 0.367 e. The molecule has 5 N–H and O–H groups in total. The van der Waals surface area contributed by atoms with Crippen molar-refractivity contribution in [1.29, 1.82) is 0 Å². The summed E-state index contributed by atoms with van der Waals surface area (Å²) in [6, 6.07) is 4.29. The minimum absolute atomic E-state index is 0.0958. The van der Waals surface area contributed by atoms with Gasteiger partial charge in [0.2, 0.25) is 0 Å². The Morgan fingerprint density at radius 2 is 1.92 bits per heavy atom. The number of pyridine rings is 2. The van der Waals surface area contributed by atoms with E-state index in [0.717, 1.165) is 23.2 Å². The summed E-state index contributed by atoms with van der Waals surface area (Å²) in [6.07, 6.45) is 1.11. The Hall–Kier alpha value is -4.07. The van der Waals surface area contributed by atoms with Crippen molar-refractivity contribution >= 4 is 29.2 Å². The van der Waals surface area contributed by atoms with Crippen molar-refractivity contribution in [2.45, 2.75) is 43.7 Å². The third kappa shape index (κ3) is 4.91. The lowest BCUT2D eigenvalue weighted by molar-refractivity contribution is -0.127. The summed E-state index contributed by atoms with van der Waals surface area (Å²) in [5.41, 5.74) is 8.63. The van der Waals surface area contributed by atoms with E-state index in [1.165, 1.54) is 36.8 Å². The number of rotatable bonds is 8. The van der Waals surface area contributed by atoms with Crippen LogP contribution in [0, 0.1) is 6.92 Å². The molecule has 0 aromatic carbocycles. The fraction of sp³-hybridized carbons (Fsp3) is 0.360. The Morgan fingerprint density at radius 3 is 2.51 bits per heavy atom. The molecule has 3 unspecified atom stereocenters. The number of nitrogens with two attached hydrogens (primary N) is 2. The average molecular weight is 562 g/mol. The Morgan fingerprint density at radius 1 is 1.23 bits per heavy atom. The number of aryl methyl sites for hydroxylation is 1. The standard InChI is InChI=1S/C25H26F3N7O3S/c1-13-18(15-5-8-32-17(9-15)24(2,12-26)20(27)28)39-22(33-13)25(21(29)37)10-16(11-35(25)23(30)38)34-19(36)14-3-6-31-7-4-14/h3-9,16,20H,10-12H2,1-2H3,(H2,29,37)(H2,30,38)(H,34,36). The van der Waals surface area contributed by atoms with Gasteiger partial charge in [0.1, 0.15) is 11.7 Å². The predicted octanol–water partition coefficient (Wildman–Crippen LogP) is 2.66. The number of aromatic nitrogens is 3. The number of primary amides is 2. The molecule has 14 heteroatoms. The highest BCUT2D eigenvalue weighted by molar-refractivity contribution is 7.15. The van der Waals surface area contributed by atoms with Gasteiger partial charge in [0.15, 0.2) is 5.54 Å². The van der Waals surface area contributed by atoms with Crippen LogP contribution in [0.3, 0.4) is 0 Å². The van der Waals surface area contributed by atoms with Crippen LogP contribution in [0.15, 0.2) is 42.9 Å². The van der Waals surface area contributed by atoms with Crippen molar-refractivity contribution in [3.63, 3.8) is 0 Å². The van der Waals surface area contributed by atoms with Gasteiger partial charge in [-0.25, -0.2) is 22.9 Å². The number of carbonyl (C=O) groups is 3. The molecule has 0 saturated carbocycles. The minimum Gasteiger partial charge on any atom is -0.367 e. The number of hydrogen-bond donors (Lipinski definition) is 3. The maximum Gasteiger partial charge on any atom is 0.316 e. The molecule has 4 heterocycles. The van der Waals surface area contributed by atoms with Gasteiger partial charge in [0.25, 0.3) is 18.2 Å². The van der Waals surface area contributed by atoms with Gasteiger partial charge in [0.05, 0.1) is 27.7 Å². The molecule has 206 valence electrons. The normalized spacial score (nSPS) is 20.6. The minimum atomic E-state index is -3.00. The molecule has 3 aromatic rings. The van der Waals surface area contributed by atoms with Gasteiger partial charge in [-0.05, 0) is 43.7 Å². The van der Waals surface area contributed by atoms with Crippen molar-refractivity contribution in [3.8, 4) is 10.4 Å². The first-order chi connectivity index (χ1) is 18.4. The van der Waals surface area contributed by atoms with Crippen LogP contribution in [0.4, 0.5) is 18.0 Å². The van der Waals surface area contributed by atoms with E-state index >= 15 is 0 Å². The predicted molar refractivity (Wildman–Crippen MR) is 137 cm³/mol. The van der Waals surface area contributed by atoms with Crippen molar-refractivity contribution in [2.75, 3.05) is 13.2 Å². The monoisotopic (exact) mass is 561 g/mol. The second-order valence-corrected chi connectivity index (χ2v) is 10.5. The third-order valence-corrected chi connectivity index (χ3v) is 8.23. The van der Waals surface area contributed by atoms with Crippen molar-refractivity contribution in [1.82, 2.24) is 25.2 Å². The molecule has 3 aromatic heterocycles. The number of nitrogens with one attached hydrogen (secondary N) is 1. The lowest BCUT2D eigenvalue weighted by atomic mass is 9.87. The van der Waals surface area contributed by atoms with Crippen LogP contribution in [0.25, 0.3) is 10.4 Å². The summed E-state index contributed by atoms with van der Waals surface area (Å²) in [4.78, 5) is 52.1. The zero-order valence-corrected chi connectivity index (χ0v) is 21.8. The quantitative estimate of drug-likeness (QED) is 0.384. The van der Waals surface area contributed by atoms with Gasteiger partial charge in [0, 0.05) is 37.1 Å². The Kier molecular flexibility index (Phi) is 7.59. The highest BCUT2D eigenvalue weighted by atomic mass is 32.1.